The number of hydrogen-bond acceptors (Lipinski definition) is 5. The molecule has 4 unspecified atom stereocenters. The van der Waals surface area contributed by atoms with Crippen molar-refractivity contribution in [3.63, 3.8) is 0 Å². The Morgan fingerprint density at radius 2 is 2.29 bits per heavy atom. The van der Waals surface area contributed by atoms with E-state index in [2.05, 4.69) is 26.5 Å². The second-order valence-corrected chi connectivity index (χ2v) is 5.51. The largest absolute Gasteiger partial charge is 0.347 e. The van der Waals surface area contributed by atoms with Gasteiger partial charge >= 0.3 is 0 Å². The highest BCUT2D eigenvalue weighted by atomic mass is 35.5. The van der Waals surface area contributed by atoms with E-state index in [4.69, 9.17) is 0 Å². The molecule has 4 atom stereocenters. The number of amides is 1. The van der Waals surface area contributed by atoms with Crippen LogP contribution in [0.4, 0.5) is 0 Å². The molecule has 1 amide bonds. The van der Waals surface area contributed by atoms with Crippen LogP contribution in [-0.2, 0) is 4.79 Å². The number of rotatable bonds is 3. The predicted octanol–water partition coefficient (Wildman–Crippen LogP) is 0.135. The minimum atomic E-state index is -0.182. The maximum atomic E-state index is 12.4. The summed E-state index contributed by atoms with van der Waals surface area (Å²) in [5, 5.41) is 6.39. The van der Waals surface area contributed by atoms with Gasteiger partial charge in [-0.25, -0.2) is 5.43 Å². The monoisotopic (exact) mass is 311 g/mol. The molecule has 7 heteroatoms. The molecule has 0 radical (unpaired) electrons. The van der Waals surface area contributed by atoms with Gasteiger partial charge < -0.3 is 10.6 Å². The highest BCUT2D eigenvalue weighted by molar-refractivity contribution is 5.85. The summed E-state index contributed by atoms with van der Waals surface area (Å²) >= 11 is 0. The van der Waals surface area contributed by atoms with Gasteiger partial charge in [-0.15, -0.1) is 12.4 Å². The first-order chi connectivity index (χ1) is 9.75. The third-order valence-corrected chi connectivity index (χ3v) is 4.15. The molecule has 1 aromatic rings. The zero-order chi connectivity index (χ0) is 13.9. The number of hydrogen-bond donors (Lipinski definition) is 4. The molecule has 0 aromatic carbocycles. The summed E-state index contributed by atoms with van der Waals surface area (Å²) in [7, 11) is 0. The van der Waals surface area contributed by atoms with Crippen LogP contribution in [0.5, 0.6) is 0 Å². The Labute approximate surface area is 130 Å². The smallest absolute Gasteiger partial charge is 0.239 e. The maximum Gasteiger partial charge on any atom is 0.239 e. The van der Waals surface area contributed by atoms with Crippen LogP contribution < -0.4 is 21.5 Å². The lowest BCUT2D eigenvalue weighted by Crippen LogP contribution is -2.49. The van der Waals surface area contributed by atoms with Gasteiger partial charge in [0.15, 0.2) is 0 Å². The summed E-state index contributed by atoms with van der Waals surface area (Å²) in [4.78, 5) is 16.7. The van der Waals surface area contributed by atoms with Gasteiger partial charge in [0.2, 0.25) is 5.91 Å². The van der Waals surface area contributed by atoms with Gasteiger partial charge in [0.05, 0.1) is 11.7 Å². The van der Waals surface area contributed by atoms with Crippen LogP contribution in [0.1, 0.15) is 25.1 Å². The summed E-state index contributed by atoms with van der Waals surface area (Å²) in [5.74, 6) is 0.339. The molecule has 6 nitrogen and oxygen atoms in total. The molecule has 3 heterocycles. The van der Waals surface area contributed by atoms with E-state index in [0.29, 0.717) is 12.0 Å². The Morgan fingerprint density at radius 1 is 1.43 bits per heavy atom. The van der Waals surface area contributed by atoms with Crippen molar-refractivity contribution in [1.82, 2.24) is 26.5 Å². The number of carbonyl (C=O) groups is 1. The van der Waals surface area contributed by atoms with Gasteiger partial charge in [-0.05, 0) is 32.0 Å². The van der Waals surface area contributed by atoms with E-state index in [-0.39, 0.29) is 30.4 Å². The molecule has 2 fully saturated rings. The van der Waals surface area contributed by atoms with Crippen molar-refractivity contribution in [2.24, 2.45) is 5.92 Å². The number of nitrogens with one attached hydrogen (secondary N) is 4. The molecule has 116 valence electrons. The van der Waals surface area contributed by atoms with Crippen molar-refractivity contribution in [1.29, 1.82) is 0 Å². The number of carbonyl (C=O) groups excluding carboxylic acids is 1. The van der Waals surface area contributed by atoms with E-state index in [9.17, 15) is 4.79 Å². The molecule has 3 rings (SSSR count). The van der Waals surface area contributed by atoms with E-state index in [1.165, 1.54) is 0 Å². The van der Waals surface area contributed by atoms with Gasteiger partial charge in [0.1, 0.15) is 6.04 Å². The first kappa shape index (κ1) is 16.2. The summed E-state index contributed by atoms with van der Waals surface area (Å²) in [6.07, 6.45) is 2.80. The zero-order valence-corrected chi connectivity index (χ0v) is 12.8. The van der Waals surface area contributed by atoms with Crippen molar-refractivity contribution in [2.75, 3.05) is 13.1 Å². The molecule has 2 aliphatic rings. The van der Waals surface area contributed by atoms with Crippen molar-refractivity contribution in [3.05, 3.63) is 30.1 Å². The highest BCUT2D eigenvalue weighted by Gasteiger charge is 2.41. The molecule has 4 N–H and O–H groups in total. The fourth-order valence-electron chi connectivity index (χ4n) is 2.99. The van der Waals surface area contributed by atoms with E-state index in [0.717, 1.165) is 25.2 Å². The third-order valence-electron chi connectivity index (χ3n) is 4.15. The molecule has 0 saturated carbocycles. The van der Waals surface area contributed by atoms with Crippen LogP contribution in [0.15, 0.2) is 24.4 Å². The minimum absolute atomic E-state index is 0. The highest BCUT2D eigenvalue weighted by Crippen LogP contribution is 2.20. The fourth-order valence-corrected chi connectivity index (χ4v) is 2.99. The Bertz CT molecular complexity index is 472. The topological polar surface area (TPSA) is 78.1 Å². The van der Waals surface area contributed by atoms with E-state index in [1.807, 2.05) is 25.1 Å². The fraction of sp³-hybridized carbons (Fsp3) is 0.571. The first-order valence-corrected chi connectivity index (χ1v) is 7.19. The van der Waals surface area contributed by atoms with Gasteiger partial charge in [-0.1, -0.05) is 6.07 Å². The van der Waals surface area contributed by atoms with E-state index < -0.39 is 0 Å². The second-order valence-electron chi connectivity index (χ2n) is 5.51. The quantitative estimate of drug-likeness (QED) is 0.638. The minimum Gasteiger partial charge on any atom is -0.347 e. The number of halogens is 1. The zero-order valence-electron chi connectivity index (χ0n) is 12.0. The predicted molar refractivity (Wildman–Crippen MR) is 82.9 cm³/mol. The SMILES string of the molecule is CC(NC(=O)C1NNC2CCNCC21)c1ccccn1.Cl. The Hall–Kier alpha value is -1.21. The molecular weight excluding hydrogens is 290 g/mol. The van der Waals surface area contributed by atoms with Crippen molar-refractivity contribution in [3.8, 4) is 0 Å². The average molecular weight is 312 g/mol. The van der Waals surface area contributed by atoms with Gasteiger partial charge in [-0.3, -0.25) is 15.2 Å². The molecule has 21 heavy (non-hydrogen) atoms. The number of pyridine rings is 1. The summed E-state index contributed by atoms with van der Waals surface area (Å²) in [5.41, 5.74) is 7.25. The van der Waals surface area contributed by atoms with Crippen LogP contribution in [-0.4, -0.2) is 36.1 Å². The number of fused-ring (bicyclic) bond motifs is 1. The van der Waals surface area contributed by atoms with Crippen LogP contribution in [0.3, 0.4) is 0 Å². The second kappa shape index (κ2) is 7.17. The number of nitrogens with zero attached hydrogens (tertiary/aromatic N) is 1. The van der Waals surface area contributed by atoms with Gasteiger partial charge in [0, 0.05) is 24.7 Å². The van der Waals surface area contributed by atoms with Crippen molar-refractivity contribution < 1.29 is 4.79 Å². The summed E-state index contributed by atoms with van der Waals surface area (Å²) < 4.78 is 0. The Kier molecular flexibility index (Phi) is 5.52. The number of hydrazine groups is 1. The number of piperidine rings is 1. The van der Waals surface area contributed by atoms with Crippen LogP contribution in [0.25, 0.3) is 0 Å². The van der Waals surface area contributed by atoms with Crippen molar-refractivity contribution in [2.45, 2.75) is 31.5 Å². The average Bonchev–Trinajstić information content (AvgIpc) is 2.92. The molecule has 0 bridgehead atoms. The van der Waals surface area contributed by atoms with Crippen LogP contribution in [0, 0.1) is 5.92 Å². The van der Waals surface area contributed by atoms with E-state index in [1.54, 1.807) is 6.20 Å². The van der Waals surface area contributed by atoms with E-state index >= 15 is 0 Å². The molecular formula is C14H22ClN5O. The third kappa shape index (κ3) is 3.52. The van der Waals surface area contributed by atoms with Crippen LogP contribution >= 0.6 is 12.4 Å². The maximum absolute atomic E-state index is 12.4. The molecule has 2 saturated heterocycles. The standard InChI is InChI=1S/C14H21N5O.ClH/c1-9(11-4-2-3-6-16-11)17-14(20)13-10-8-15-7-5-12(10)18-19-13;/h2-4,6,9-10,12-13,15,18-19H,5,7-8H2,1H3,(H,17,20);1H. The van der Waals surface area contributed by atoms with Crippen molar-refractivity contribution >= 4 is 18.3 Å². The van der Waals surface area contributed by atoms with Gasteiger partial charge in [-0.2, -0.15) is 0 Å². The summed E-state index contributed by atoms with van der Waals surface area (Å²) in [6, 6.07) is 5.86. The lowest BCUT2D eigenvalue weighted by Gasteiger charge is -2.28. The molecule has 0 aliphatic carbocycles. The summed E-state index contributed by atoms with van der Waals surface area (Å²) in [6.45, 7) is 3.84. The Balaban J connectivity index is 0.00000161. The van der Waals surface area contributed by atoms with Crippen LogP contribution in [0.2, 0.25) is 0 Å². The van der Waals surface area contributed by atoms with Gasteiger partial charge in [0.25, 0.3) is 0 Å². The Morgan fingerprint density at radius 3 is 3.05 bits per heavy atom. The number of aromatic nitrogens is 1. The lowest BCUT2D eigenvalue weighted by molar-refractivity contribution is -0.124. The first-order valence-electron chi connectivity index (χ1n) is 7.19. The molecule has 2 aliphatic heterocycles. The molecule has 1 aromatic heterocycles. The normalized spacial score (nSPS) is 29.1. The lowest BCUT2D eigenvalue weighted by atomic mass is 9.89. The molecule has 0 spiro atoms.